The molecule has 148 valence electrons. The lowest BCUT2D eigenvalue weighted by Crippen LogP contribution is -2.54. The first-order chi connectivity index (χ1) is 13.5. The molecule has 0 unspecified atom stereocenters. The van der Waals surface area contributed by atoms with Gasteiger partial charge in [-0.2, -0.15) is 4.52 Å². The van der Waals surface area contributed by atoms with Gasteiger partial charge < -0.3 is 10.2 Å². The topological polar surface area (TPSA) is 107 Å². The van der Waals surface area contributed by atoms with Gasteiger partial charge in [0.05, 0.1) is 18.4 Å². The number of aliphatic hydroxyl groups excluding tert-OH is 2. The van der Waals surface area contributed by atoms with Crippen molar-refractivity contribution in [2.45, 2.75) is 25.5 Å². The number of likely N-dealkylation sites (tertiary alicyclic amines) is 1. The summed E-state index contributed by atoms with van der Waals surface area (Å²) in [6.45, 7) is 1.27. The number of hydrogen-bond donors (Lipinski definition) is 3. The van der Waals surface area contributed by atoms with E-state index in [0.717, 1.165) is 5.56 Å². The van der Waals surface area contributed by atoms with E-state index in [1.165, 1.54) is 29.0 Å². The van der Waals surface area contributed by atoms with Gasteiger partial charge in [0.25, 0.3) is 11.3 Å². The number of benzene rings is 1. The minimum absolute atomic E-state index is 0.198. The minimum Gasteiger partial charge on any atom is -0.396 e. The molecule has 3 aromatic rings. The van der Waals surface area contributed by atoms with Gasteiger partial charge in [-0.15, -0.1) is 0 Å². The van der Waals surface area contributed by atoms with Crippen LogP contribution in [0.15, 0.2) is 41.5 Å². The number of nitrogens with zero attached hydrogens (tertiary/aromatic N) is 4. The van der Waals surface area contributed by atoms with E-state index in [1.807, 2.05) is 0 Å². The quantitative estimate of drug-likeness (QED) is 0.583. The van der Waals surface area contributed by atoms with Gasteiger partial charge in [0.15, 0.2) is 0 Å². The van der Waals surface area contributed by atoms with Crippen LogP contribution >= 0.6 is 0 Å². The molecule has 1 fully saturated rings. The fourth-order valence-corrected chi connectivity index (χ4v) is 3.95. The minimum atomic E-state index is -0.762. The van der Waals surface area contributed by atoms with Crippen molar-refractivity contribution >= 4 is 5.78 Å². The van der Waals surface area contributed by atoms with Gasteiger partial charge in [0, 0.05) is 31.1 Å². The molecule has 1 saturated heterocycles. The molecule has 2 atom stereocenters. The number of H-pyrrole nitrogens is 1. The zero-order valence-corrected chi connectivity index (χ0v) is 15.3. The number of nitrogens with one attached hydrogen (secondary N) is 1. The first-order valence-corrected chi connectivity index (χ1v) is 9.17. The predicted molar refractivity (Wildman–Crippen MR) is 99.1 cm³/mol. The van der Waals surface area contributed by atoms with Gasteiger partial charge in [-0.25, -0.2) is 14.4 Å². The second-order valence-electron chi connectivity index (χ2n) is 7.45. The molecule has 28 heavy (non-hydrogen) atoms. The largest absolute Gasteiger partial charge is 0.396 e. The molecule has 0 saturated carbocycles. The Morgan fingerprint density at radius 2 is 2.11 bits per heavy atom. The number of piperidine rings is 1. The standard InChI is InChI=1S/C19H22FN5O3/c20-14-3-1-13(2-4-14)8-19(11-26)10-24(6-5-16(19)27)9-15-7-17(28)25-18(23-15)21-12-22-25/h1-4,7,12,16,26-27H,5-6,8-11H2,(H,21,22,23)/t16-,19-/m0/s1. The molecular formula is C19H22FN5O3. The van der Waals surface area contributed by atoms with Crippen LogP contribution in [0.4, 0.5) is 4.39 Å². The molecule has 0 spiro atoms. The fourth-order valence-electron chi connectivity index (χ4n) is 3.95. The van der Waals surface area contributed by atoms with E-state index in [9.17, 15) is 19.4 Å². The molecule has 3 heterocycles. The molecule has 1 aliphatic rings. The van der Waals surface area contributed by atoms with Crippen molar-refractivity contribution in [2.75, 3.05) is 19.7 Å². The number of fused-ring (bicyclic) bond motifs is 1. The normalized spacial score (nSPS) is 23.3. The number of aromatic nitrogens is 4. The van der Waals surface area contributed by atoms with Crippen LogP contribution in [0.25, 0.3) is 5.78 Å². The summed E-state index contributed by atoms with van der Waals surface area (Å²) in [5.74, 6) is -0.0157. The number of halogens is 1. The second-order valence-corrected chi connectivity index (χ2v) is 7.45. The van der Waals surface area contributed by atoms with Crippen LogP contribution in [0, 0.1) is 11.2 Å². The van der Waals surface area contributed by atoms with Crippen LogP contribution in [0.1, 0.15) is 17.7 Å². The maximum atomic E-state index is 13.2. The lowest BCUT2D eigenvalue weighted by molar-refractivity contribution is -0.0770. The Morgan fingerprint density at radius 1 is 1.32 bits per heavy atom. The summed E-state index contributed by atoms with van der Waals surface area (Å²) in [4.78, 5) is 22.6. The van der Waals surface area contributed by atoms with Crippen molar-refractivity contribution in [2.24, 2.45) is 5.41 Å². The van der Waals surface area contributed by atoms with E-state index in [1.54, 1.807) is 12.1 Å². The SMILES string of the molecule is O=c1cc(CN2CC[C@H](O)[C@@](CO)(Cc3ccc(F)cc3)C2)nc2nc[nH]n12. The van der Waals surface area contributed by atoms with Crippen molar-refractivity contribution < 1.29 is 14.6 Å². The summed E-state index contributed by atoms with van der Waals surface area (Å²) >= 11 is 0. The molecule has 1 aliphatic heterocycles. The van der Waals surface area contributed by atoms with E-state index >= 15 is 0 Å². The molecular weight excluding hydrogens is 365 g/mol. The number of aliphatic hydroxyl groups is 2. The Hall–Kier alpha value is -2.62. The van der Waals surface area contributed by atoms with Gasteiger partial charge in [-0.1, -0.05) is 12.1 Å². The van der Waals surface area contributed by atoms with Crippen molar-refractivity contribution in [1.29, 1.82) is 0 Å². The van der Waals surface area contributed by atoms with Crippen molar-refractivity contribution in [3.05, 3.63) is 64.1 Å². The summed E-state index contributed by atoms with van der Waals surface area (Å²) in [6, 6.07) is 7.56. The van der Waals surface area contributed by atoms with Crippen molar-refractivity contribution in [3.8, 4) is 0 Å². The monoisotopic (exact) mass is 387 g/mol. The van der Waals surface area contributed by atoms with Crippen molar-refractivity contribution in [1.82, 2.24) is 24.5 Å². The first-order valence-electron chi connectivity index (χ1n) is 9.17. The zero-order chi connectivity index (χ0) is 19.7. The first kappa shape index (κ1) is 18.7. The van der Waals surface area contributed by atoms with Crippen LogP contribution < -0.4 is 5.56 Å². The summed E-state index contributed by atoms with van der Waals surface area (Å²) in [5.41, 5.74) is 0.434. The Bertz CT molecular complexity index is 1020. The lowest BCUT2D eigenvalue weighted by Gasteiger charge is -2.45. The van der Waals surface area contributed by atoms with E-state index < -0.39 is 11.5 Å². The average molecular weight is 387 g/mol. The highest BCUT2D eigenvalue weighted by Gasteiger charge is 2.42. The van der Waals surface area contributed by atoms with E-state index in [0.29, 0.717) is 43.9 Å². The number of hydrogen-bond acceptors (Lipinski definition) is 6. The molecule has 0 amide bonds. The third-order valence-corrected chi connectivity index (χ3v) is 5.46. The highest BCUT2D eigenvalue weighted by atomic mass is 19.1. The summed E-state index contributed by atoms with van der Waals surface area (Å²) in [7, 11) is 0. The van der Waals surface area contributed by atoms with E-state index in [-0.39, 0.29) is 18.0 Å². The van der Waals surface area contributed by atoms with Crippen LogP contribution in [0.3, 0.4) is 0 Å². The molecule has 4 rings (SSSR count). The third-order valence-electron chi connectivity index (χ3n) is 5.46. The molecule has 1 aromatic carbocycles. The van der Waals surface area contributed by atoms with E-state index in [4.69, 9.17) is 0 Å². The molecule has 0 aliphatic carbocycles. The molecule has 2 aromatic heterocycles. The van der Waals surface area contributed by atoms with Gasteiger partial charge in [-0.05, 0) is 30.5 Å². The van der Waals surface area contributed by atoms with Gasteiger partial charge >= 0.3 is 0 Å². The van der Waals surface area contributed by atoms with Gasteiger partial charge in [-0.3, -0.25) is 14.8 Å². The molecule has 9 heteroatoms. The van der Waals surface area contributed by atoms with Gasteiger partial charge in [0.2, 0.25) is 0 Å². The summed E-state index contributed by atoms with van der Waals surface area (Å²) in [6.07, 6.45) is 1.65. The highest BCUT2D eigenvalue weighted by Crippen LogP contribution is 2.34. The Balaban J connectivity index is 1.55. The second kappa shape index (κ2) is 7.42. The maximum absolute atomic E-state index is 13.2. The van der Waals surface area contributed by atoms with Crippen LogP contribution in [0.2, 0.25) is 0 Å². The predicted octanol–water partition coefficient (Wildman–Crippen LogP) is 0.345. The maximum Gasteiger partial charge on any atom is 0.274 e. The lowest BCUT2D eigenvalue weighted by atomic mass is 9.73. The Kier molecular flexibility index (Phi) is 4.96. The van der Waals surface area contributed by atoms with Crippen LogP contribution in [-0.4, -0.2) is 60.5 Å². The van der Waals surface area contributed by atoms with Gasteiger partial charge in [0.1, 0.15) is 12.1 Å². The van der Waals surface area contributed by atoms with Crippen LogP contribution in [-0.2, 0) is 13.0 Å². The number of rotatable bonds is 5. The molecule has 0 bridgehead atoms. The Labute approximate surface area is 160 Å². The van der Waals surface area contributed by atoms with Crippen molar-refractivity contribution in [3.63, 3.8) is 0 Å². The fraction of sp³-hybridized carbons (Fsp3) is 0.421. The zero-order valence-electron chi connectivity index (χ0n) is 15.3. The third kappa shape index (κ3) is 3.56. The highest BCUT2D eigenvalue weighted by molar-refractivity contribution is 5.26. The van der Waals surface area contributed by atoms with Crippen LogP contribution in [0.5, 0.6) is 0 Å². The summed E-state index contributed by atoms with van der Waals surface area (Å²) < 4.78 is 14.5. The smallest absolute Gasteiger partial charge is 0.274 e. The molecule has 8 nitrogen and oxygen atoms in total. The number of aromatic amines is 1. The van der Waals surface area contributed by atoms with E-state index in [2.05, 4.69) is 20.0 Å². The Morgan fingerprint density at radius 3 is 2.86 bits per heavy atom. The molecule has 0 radical (unpaired) electrons. The molecule has 3 N–H and O–H groups in total. The average Bonchev–Trinajstić information content (AvgIpc) is 3.15. The summed E-state index contributed by atoms with van der Waals surface area (Å²) in [5, 5.41) is 23.5.